The maximum Gasteiger partial charge on any atom is 0.172 e. The minimum atomic E-state index is -1.34. The van der Waals surface area contributed by atoms with Gasteiger partial charge in [-0.05, 0) is 5.20 Å². The Morgan fingerprint density at radius 2 is 1.50 bits per heavy atom. The van der Waals surface area contributed by atoms with E-state index in [1.165, 1.54) is 0 Å². The lowest BCUT2D eigenvalue weighted by molar-refractivity contribution is 1.44. The van der Waals surface area contributed by atoms with Gasteiger partial charge in [0.1, 0.15) is 0 Å². The van der Waals surface area contributed by atoms with Crippen molar-refractivity contribution in [3.8, 4) is 0 Å². The summed E-state index contributed by atoms with van der Waals surface area (Å²) in [5.41, 5.74) is 0. The Hall–Kier alpha value is 0.827. The van der Waals surface area contributed by atoms with Gasteiger partial charge in [0.15, 0.2) is 4.33 Å². The van der Waals surface area contributed by atoms with E-state index >= 15 is 0 Å². The Balaban J connectivity index is 2.82. The minimum Gasteiger partial charge on any atom is -0.0907 e. The quantitative estimate of drug-likeness (QED) is 0.464. The third-order valence-corrected chi connectivity index (χ3v) is 5.52. The fraction of sp³-hybridized carbons (Fsp3) is 0.667. The van der Waals surface area contributed by atoms with Gasteiger partial charge in [-0.15, -0.1) is 0 Å². The molecule has 0 aromatic carbocycles. The molecule has 1 aliphatic carbocycles. The molecule has 0 saturated carbocycles. The molecular weight excluding hydrogens is 207 g/mol. The van der Waals surface area contributed by atoms with Crippen LogP contribution in [0, 0.1) is 0 Å². The molecule has 0 radical (unpaired) electrons. The standard InChI is InChI=1S/C6H9Cl3Si/c1-10(2,3)5-4(7)6(5,8)9/h1-3H3. The lowest BCUT2D eigenvalue weighted by Crippen LogP contribution is -2.22. The van der Waals surface area contributed by atoms with Crippen molar-refractivity contribution in [2.45, 2.75) is 24.0 Å². The molecule has 0 saturated heterocycles. The van der Waals surface area contributed by atoms with Crippen LogP contribution in [-0.4, -0.2) is 12.4 Å². The van der Waals surface area contributed by atoms with Crippen molar-refractivity contribution in [2.75, 3.05) is 0 Å². The van der Waals surface area contributed by atoms with Gasteiger partial charge < -0.3 is 0 Å². The largest absolute Gasteiger partial charge is 0.172 e. The first-order chi connectivity index (χ1) is 4.28. The summed E-state index contributed by atoms with van der Waals surface area (Å²) in [4.78, 5) is 0. The molecule has 1 rings (SSSR count). The lowest BCUT2D eigenvalue weighted by atomic mass is 10.8. The van der Waals surface area contributed by atoms with Crippen LogP contribution in [0.3, 0.4) is 0 Å². The average molecular weight is 216 g/mol. The van der Waals surface area contributed by atoms with Crippen LogP contribution in [0.1, 0.15) is 0 Å². The second-order valence-corrected chi connectivity index (χ2v) is 10.2. The van der Waals surface area contributed by atoms with Crippen LogP contribution in [0.2, 0.25) is 19.6 Å². The highest BCUT2D eigenvalue weighted by molar-refractivity contribution is 6.91. The first kappa shape index (κ1) is 8.92. The van der Waals surface area contributed by atoms with Gasteiger partial charge >= 0.3 is 0 Å². The van der Waals surface area contributed by atoms with Gasteiger partial charge in [-0.25, -0.2) is 0 Å². The fourth-order valence-electron chi connectivity index (χ4n) is 1.01. The normalized spacial score (nSPS) is 23.4. The van der Waals surface area contributed by atoms with Gasteiger partial charge in [-0.3, -0.25) is 0 Å². The summed E-state index contributed by atoms with van der Waals surface area (Å²) in [5.74, 6) is 0. The summed E-state index contributed by atoms with van der Waals surface area (Å²) >= 11 is 17.5. The Labute approximate surface area is 77.2 Å². The van der Waals surface area contributed by atoms with Gasteiger partial charge in [0.2, 0.25) is 0 Å². The van der Waals surface area contributed by atoms with E-state index in [-0.39, 0.29) is 0 Å². The highest BCUT2D eigenvalue weighted by Crippen LogP contribution is 2.58. The van der Waals surface area contributed by atoms with E-state index in [1.54, 1.807) is 0 Å². The van der Waals surface area contributed by atoms with Crippen LogP contribution in [0.15, 0.2) is 10.2 Å². The SMILES string of the molecule is C[Si](C)(C)C1=C(Cl)C1(Cl)Cl. The summed E-state index contributed by atoms with van der Waals surface area (Å²) in [5, 5.41) is 1.75. The molecule has 58 valence electrons. The maximum atomic E-state index is 5.84. The van der Waals surface area contributed by atoms with Crippen LogP contribution >= 0.6 is 34.8 Å². The molecule has 0 aromatic rings. The summed E-state index contributed by atoms with van der Waals surface area (Å²) in [6, 6.07) is 0. The van der Waals surface area contributed by atoms with Crippen molar-refractivity contribution in [2.24, 2.45) is 0 Å². The molecule has 0 unspecified atom stereocenters. The summed E-state index contributed by atoms with van der Waals surface area (Å²) in [6.07, 6.45) is 0. The lowest BCUT2D eigenvalue weighted by Gasteiger charge is -2.12. The first-order valence-electron chi connectivity index (χ1n) is 3.07. The topological polar surface area (TPSA) is 0 Å². The molecule has 0 aromatic heterocycles. The maximum absolute atomic E-state index is 5.84. The number of alkyl halides is 2. The van der Waals surface area contributed by atoms with E-state index in [0.717, 1.165) is 5.20 Å². The van der Waals surface area contributed by atoms with Gasteiger partial charge in [0.05, 0.1) is 13.1 Å². The highest BCUT2D eigenvalue weighted by Gasteiger charge is 2.55. The average Bonchev–Trinajstić information content (AvgIpc) is 2.03. The van der Waals surface area contributed by atoms with Gasteiger partial charge in [-0.1, -0.05) is 54.4 Å². The number of rotatable bonds is 1. The van der Waals surface area contributed by atoms with E-state index < -0.39 is 12.4 Å². The summed E-state index contributed by atoms with van der Waals surface area (Å²) in [6.45, 7) is 6.53. The summed E-state index contributed by atoms with van der Waals surface area (Å²) in [7, 11) is -1.34. The van der Waals surface area contributed by atoms with E-state index in [4.69, 9.17) is 34.8 Å². The Bertz CT molecular complexity index is 200. The molecule has 0 atom stereocenters. The number of halogens is 3. The van der Waals surface area contributed by atoms with Crippen LogP contribution in [-0.2, 0) is 0 Å². The molecule has 0 bridgehead atoms. The molecule has 4 heteroatoms. The molecule has 0 N–H and O–H groups in total. The van der Waals surface area contributed by atoms with Crippen molar-refractivity contribution in [1.82, 2.24) is 0 Å². The molecule has 10 heavy (non-hydrogen) atoms. The highest BCUT2D eigenvalue weighted by atomic mass is 35.5. The minimum absolute atomic E-state index is 0.662. The Morgan fingerprint density at radius 1 is 1.20 bits per heavy atom. The molecule has 0 nitrogen and oxygen atoms in total. The number of hydrogen-bond donors (Lipinski definition) is 0. The van der Waals surface area contributed by atoms with Crippen LogP contribution in [0.5, 0.6) is 0 Å². The Kier molecular flexibility index (Phi) is 1.93. The zero-order valence-corrected chi connectivity index (χ0v) is 9.40. The third kappa shape index (κ3) is 1.25. The third-order valence-electron chi connectivity index (χ3n) is 1.50. The van der Waals surface area contributed by atoms with Crippen molar-refractivity contribution in [3.05, 3.63) is 10.2 Å². The van der Waals surface area contributed by atoms with Crippen molar-refractivity contribution in [3.63, 3.8) is 0 Å². The van der Waals surface area contributed by atoms with Crippen molar-refractivity contribution < 1.29 is 0 Å². The van der Waals surface area contributed by atoms with Crippen molar-refractivity contribution in [1.29, 1.82) is 0 Å². The smallest absolute Gasteiger partial charge is 0.0907 e. The van der Waals surface area contributed by atoms with E-state index in [0.29, 0.717) is 5.03 Å². The number of allylic oxidation sites excluding steroid dienone is 2. The molecule has 0 aliphatic heterocycles. The second-order valence-electron chi connectivity index (χ2n) is 3.51. The van der Waals surface area contributed by atoms with Gasteiger partial charge in [0, 0.05) is 0 Å². The zero-order valence-electron chi connectivity index (χ0n) is 6.13. The summed E-state index contributed by atoms with van der Waals surface area (Å²) < 4.78 is -0.786. The molecule has 0 fully saturated rings. The van der Waals surface area contributed by atoms with E-state index in [2.05, 4.69) is 19.6 Å². The predicted molar refractivity (Wildman–Crippen MR) is 50.7 cm³/mol. The van der Waals surface area contributed by atoms with Gasteiger partial charge in [0.25, 0.3) is 0 Å². The first-order valence-corrected chi connectivity index (χ1v) is 7.70. The zero-order chi connectivity index (χ0) is 8.15. The van der Waals surface area contributed by atoms with Crippen LogP contribution < -0.4 is 0 Å². The fourth-order valence-corrected chi connectivity index (χ4v) is 6.22. The second kappa shape index (κ2) is 2.16. The molecular formula is C6H9Cl3Si. The molecule has 0 heterocycles. The van der Waals surface area contributed by atoms with Crippen molar-refractivity contribution >= 4 is 42.9 Å². The number of hydrogen-bond acceptors (Lipinski definition) is 0. The van der Waals surface area contributed by atoms with Gasteiger partial charge in [-0.2, -0.15) is 0 Å². The monoisotopic (exact) mass is 214 g/mol. The van der Waals surface area contributed by atoms with E-state index in [9.17, 15) is 0 Å². The van der Waals surface area contributed by atoms with E-state index in [1.807, 2.05) is 0 Å². The molecule has 1 aliphatic rings. The Morgan fingerprint density at radius 3 is 1.50 bits per heavy atom. The van der Waals surface area contributed by atoms with Crippen LogP contribution in [0.4, 0.5) is 0 Å². The predicted octanol–water partition coefficient (Wildman–Crippen LogP) is 3.54. The molecule has 0 amide bonds. The molecule has 0 spiro atoms. The van der Waals surface area contributed by atoms with Crippen LogP contribution in [0.25, 0.3) is 0 Å².